The van der Waals surface area contributed by atoms with Gasteiger partial charge in [-0.15, -0.1) is 0 Å². The van der Waals surface area contributed by atoms with Crippen molar-refractivity contribution in [3.8, 4) is 11.3 Å². The van der Waals surface area contributed by atoms with E-state index in [0.717, 1.165) is 12.1 Å². The van der Waals surface area contributed by atoms with Crippen LogP contribution in [-0.4, -0.2) is 71.8 Å². The summed E-state index contributed by atoms with van der Waals surface area (Å²) in [6, 6.07) is 9.01. The molecule has 0 unspecified atom stereocenters. The molecule has 4 aromatic rings. The van der Waals surface area contributed by atoms with Crippen molar-refractivity contribution in [3.63, 3.8) is 0 Å². The van der Waals surface area contributed by atoms with E-state index in [9.17, 15) is 22.8 Å². The third kappa shape index (κ3) is 5.76. The summed E-state index contributed by atoms with van der Waals surface area (Å²) >= 11 is 0. The normalized spacial score (nSPS) is 16.9. The third-order valence-electron chi connectivity index (χ3n) is 7.72. The van der Waals surface area contributed by atoms with E-state index in [2.05, 4.69) is 10.1 Å². The Morgan fingerprint density at radius 3 is 2.42 bits per heavy atom. The lowest BCUT2D eigenvalue weighted by Gasteiger charge is -2.37. The number of carbonyl (C=O) groups excluding carboxylic acids is 2. The smallest absolute Gasteiger partial charge is 0.305 e. The van der Waals surface area contributed by atoms with Crippen LogP contribution in [0.15, 0.2) is 42.5 Å². The quantitative estimate of drug-likeness (QED) is 0.167. The van der Waals surface area contributed by atoms with Crippen molar-refractivity contribution in [1.29, 1.82) is 0 Å². The highest BCUT2D eigenvalue weighted by atomic mass is 19.2. The fourth-order valence-corrected chi connectivity index (χ4v) is 5.43. The molecule has 2 aromatic carbocycles. The van der Waals surface area contributed by atoms with E-state index < -0.39 is 35.3 Å². The number of aryl methyl sites for hydroxylation is 1. The monoisotopic (exact) mass is 599 g/mol. The molecule has 43 heavy (non-hydrogen) atoms. The fraction of sp³-hybridized carbons (Fsp3) is 0.333. The van der Waals surface area contributed by atoms with Gasteiger partial charge in [0.1, 0.15) is 11.6 Å². The number of para-hydroxylation sites is 1. The number of halogens is 4. The topological polar surface area (TPSA) is 89.3 Å². The van der Waals surface area contributed by atoms with Crippen molar-refractivity contribution in [1.82, 2.24) is 19.5 Å². The van der Waals surface area contributed by atoms with Gasteiger partial charge in [-0.05, 0) is 43.0 Å². The number of esters is 1. The lowest BCUT2D eigenvalue weighted by Crippen LogP contribution is -2.48. The Morgan fingerprint density at radius 1 is 1.05 bits per heavy atom. The Bertz CT molecular complexity index is 1670. The van der Waals surface area contributed by atoms with Crippen molar-refractivity contribution in [2.45, 2.75) is 25.9 Å². The zero-order chi connectivity index (χ0) is 31.0. The summed E-state index contributed by atoms with van der Waals surface area (Å²) in [4.78, 5) is 32.9. The second-order valence-electron chi connectivity index (χ2n) is 10.4. The first-order valence-electron chi connectivity index (χ1n) is 13.5. The first kappa shape index (κ1) is 30.0. The van der Waals surface area contributed by atoms with E-state index in [4.69, 9.17) is 9.47 Å². The minimum atomic E-state index is -1.62. The summed E-state index contributed by atoms with van der Waals surface area (Å²) < 4.78 is 68.7. The number of likely N-dealkylation sites (tertiary alicyclic amines) is 1. The lowest BCUT2D eigenvalue weighted by atomic mass is 9.90. The van der Waals surface area contributed by atoms with Gasteiger partial charge in [-0.25, -0.2) is 22.5 Å². The first-order chi connectivity index (χ1) is 20.5. The zero-order valence-corrected chi connectivity index (χ0v) is 23.9. The summed E-state index contributed by atoms with van der Waals surface area (Å²) in [6.07, 6.45) is 0.248. The standard InChI is InChI=1S/C30H29F4N5O4/c1-16-6-5-7-19(31)29(16)37(2)26-14-22(18-10-20(32)28(34)21(33)11-18)35-25-13-23(36-39(25)26)30(41)38-9-8-17(12-27(40)43-4)24(15-38)42-3/h5-7,10-11,13-14,17,24H,8-9,12,15H2,1-4H3/t17-,24-/m0/s1. The first-order valence-corrected chi connectivity index (χ1v) is 13.5. The molecule has 3 heterocycles. The second kappa shape index (κ2) is 12.0. The SMILES string of the molecule is COC(=O)C[C@@H]1CCN(C(=O)c2cc3nc(-c4cc(F)c(F)c(F)c4)cc(N(C)c4c(C)cccc4F)n3n2)C[C@@H]1OC. The van der Waals surface area contributed by atoms with Gasteiger partial charge in [-0.2, -0.15) is 9.61 Å². The second-order valence-corrected chi connectivity index (χ2v) is 10.4. The number of rotatable bonds is 7. The molecule has 1 aliphatic rings. The molecule has 0 spiro atoms. The maximum Gasteiger partial charge on any atom is 0.305 e. The summed E-state index contributed by atoms with van der Waals surface area (Å²) in [5.74, 6) is -5.65. The Balaban J connectivity index is 1.57. The van der Waals surface area contributed by atoms with E-state index in [1.54, 1.807) is 31.0 Å². The molecule has 0 bridgehead atoms. The number of carbonyl (C=O) groups is 2. The van der Waals surface area contributed by atoms with Gasteiger partial charge in [0.2, 0.25) is 0 Å². The molecular weight excluding hydrogens is 570 g/mol. The highest BCUT2D eigenvalue weighted by molar-refractivity contribution is 5.94. The van der Waals surface area contributed by atoms with Gasteiger partial charge in [0.15, 0.2) is 28.8 Å². The van der Waals surface area contributed by atoms with Crippen molar-refractivity contribution in [3.05, 3.63) is 77.0 Å². The Hall–Kier alpha value is -4.52. The highest BCUT2D eigenvalue weighted by Crippen LogP contribution is 2.33. The maximum absolute atomic E-state index is 15.0. The molecule has 9 nitrogen and oxygen atoms in total. The molecule has 0 aliphatic carbocycles. The van der Waals surface area contributed by atoms with Crippen LogP contribution in [0.3, 0.4) is 0 Å². The largest absolute Gasteiger partial charge is 0.469 e. The Kier molecular flexibility index (Phi) is 8.36. The van der Waals surface area contributed by atoms with Gasteiger partial charge < -0.3 is 19.3 Å². The lowest BCUT2D eigenvalue weighted by molar-refractivity contribution is -0.143. The van der Waals surface area contributed by atoms with Crippen LogP contribution in [0.2, 0.25) is 0 Å². The summed E-state index contributed by atoms with van der Waals surface area (Å²) in [5, 5.41) is 4.49. The molecule has 0 N–H and O–H groups in total. The summed E-state index contributed by atoms with van der Waals surface area (Å²) in [7, 11) is 4.40. The van der Waals surface area contributed by atoms with Gasteiger partial charge in [0.05, 0.1) is 31.0 Å². The average molecular weight is 600 g/mol. The zero-order valence-electron chi connectivity index (χ0n) is 23.9. The van der Waals surface area contributed by atoms with Crippen molar-refractivity contribution >= 4 is 29.0 Å². The van der Waals surface area contributed by atoms with Crippen molar-refractivity contribution in [2.75, 3.05) is 39.3 Å². The number of aromatic nitrogens is 3. The molecular formula is C30H29F4N5O4. The number of methoxy groups -OCH3 is 2. The van der Waals surface area contributed by atoms with Crippen LogP contribution in [0.4, 0.5) is 29.1 Å². The number of anilines is 2. The molecule has 1 amide bonds. The van der Waals surface area contributed by atoms with Crippen LogP contribution in [-0.2, 0) is 14.3 Å². The van der Waals surface area contributed by atoms with Crippen LogP contribution >= 0.6 is 0 Å². The predicted octanol–water partition coefficient (Wildman–Crippen LogP) is 5.07. The molecule has 2 atom stereocenters. The number of fused-ring (bicyclic) bond motifs is 1. The van der Waals surface area contributed by atoms with Crippen LogP contribution in [0.1, 0.15) is 28.9 Å². The number of hydrogen-bond acceptors (Lipinski definition) is 7. The molecule has 0 radical (unpaired) electrons. The van der Waals surface area contributed by atoms with Crippen molar-refractivity contribution < 1.29 is 36.6 Å². The van der Waals surface area contributed by atoms with Gasteiger partial charge >= 0.3 is 5.97 Å². The molecule has 0 saturated carbocycles. The molecule has 5 rings (SSSR count). The molecule has 2 aromatic heterocycles. The van der Waals surface area contributed by atoms with Gasteiger partial charge in [-0.3, -0.25) is 9.59 Å². The number of ether oxygens (including phenoxy) is 2. The average Bonchev–Trinajstić information content (AvgIpc) is 3.43. The van der Waals surface area contributed by atoms with Gasteiger partial charge in [-0.1, -0.05) is 12.1 Å². The molecule has 1 saturated heterocycles. The van der Waals surface area contributed by atoms with E-state index >= 15 is 4.39 Å². The Labute approximate surface area is 244 Å². The summed E-state index contributed by atoms with van der Waals surface area (Å²) in [5.41, 5.74) is 0.924. The van der Waals surface area contributed by atoms with Crippen molar-refractivity contribution in [2.24, 2.45) is 5.92 Å². The van der Waals surface area contributed by atoms with Gasteiger partial charge in [0.25, 0.3) is 5.91 Å². The van der Waals surface area contributed by atoms with E-state index in [-0.39, 0.29) is 59.0 Å². The van der Waals surface area contributed by atoms with Crippen LogP contribution in [0.25, 0.3) is 16.9 Å². The number of nitrogens with zero attached hydrogens (tertiary/aromatic N) is 5. The van der Waals surface area contributed by atoms with E-state index in [1.165, 1.54) is 41.8 Å². The van der Waals surface area contributed by atoms with E-state index in [0.29, 0.717) is 18.5 Å². The number of hydrogen-bond donors (Lipinski definition) is 0. The Morgan fingerprint density at radius 2 is 1.77 bits per heavy atom. The van der Waals surface area contributed by atoms with Crippen LogP contribution in [0.5, 0.6) is 0 Å². The molecule has 226 valence electrons. The number of benzene rings is 2. The predicted molar refractivity (Wildman–Crippen MR) is 149 cm³/mol. The molecule has 13 heteroatoms. The summed E-state index contributed by atoms with van der Waals surface area (Å²) in [6.45, 7) is 2.26. The fourth-order valence-electron chi connectivity index (χ4n) is 5.43. The van der Waals surface area contributed by atoms with Crippen LogP contribution < -0.4 is 4.90 Å². The van der Waals surface area contributed by atoms with E-state index in [1.807, 2.05) is 0 Å². The maximum atomic E-state index is 15.0. The highest BCUT2D eigenvalue weighted by Gasteiger charge is 2.34. The molecule has 1 aliphatic heterocycles. The minimum Gasteiger partial charge on any atom is -0.469 e. The number of amides is 1. The minimum absolute atomic E-state index is 0.0160. The van der Waals surface area contributed by atoms with Gasteiger partial charge in [0, 0.05) is 44.9 Å². The number of piperidine rings is 1. The van der Waals surface area contributed by atoms with Crippen LogP contribution in [0, 0.1) is 36.1 Å². The third-order valence-corrected chi connectivity index (χ3v) is 7.72. The molecule has 1 fully saturated rings.